The lowest BCUT2D eigenvalue weighted by molar-refractivity contribution is -0.153. The van der Waals surface area contributed by atoms with Crippen LogP contribution in [0.3, 0.4) is 0 Å². The van der Waals surface area contributed by atoms with E-state index in [0.717, 1.165) is 0 Å². The van der Waals surface area contributed by atoms with E-state index in [1.54, 1.807) is 55.5 Å². The Hall–Kier alpha value is -3.35. The van der Waals surface area contributed by atoms with Crippen molar-refractivity contribution in [1.82, 2.24) is 4.90 Å². The zero-order chi connectivity index (χ0) is 20.8. The highest BCUT2D eigenvalue weighted by molar-refractivity contribution is 6.42. The summed E-state index contributed by atoms with van der Waals surface area (Å²) >= 11 is 0. The number of esters is 1. The molecular weight excluding hydrogens is 370 g/mol. The van der Waals surface area contributed by atoms with Gasteiger partial charge in [-0.25, -0.2) is 0 Å². The van der Waals surface area contributed by atoms with E-state index in [2.05, 4.69) is 0 Å². The van der Waals surface area contributed by atoms with Crippen molar-refractivity contribution in [3.05, 3.63) is 54.6 Å². The molecule has 2 aromatic carbocycles. The van der Waals surface area contributed by atoms with E-state index in [1.807, 2.05) is 6.07 Å². The molecule has 1 heterocycles. The molecule has 7 heteroatoms. The number of ether oxygens (including phenoxy) is 1. The number of nitrogens with zero attached hydrogens (tertiary/aromatic N) is 2. The Morgan fingerprint density at radius 2 is 1.72 bits per heavy atom. The third-order valence-electron chi connectivity index (χ3n) is 4.88. The van der Waals surface area contributed by atoms with E-state index < -0.39 is 17.7 Å². The van der Waals surface area contributed by atoms with Crippen LogP contribution in [0.15, 0.2) is 54.6 Å². The second kappa shape index (κ2) is 9.23. The van der Waals surface area contributed by atoms with E-state index in [-0.39, 0.29) is 12.5 Å². The van der Waals surface area contributed by atoms with Gasteiger partial charge in [-0.05, 0) is 56.2 Å². The number of rotatable bonds is 4. The Bertz CT molecular complexity index is 867. The normalized spacial score (nSPS) is 16.2. The van der Waals surface area contributed by atoms with Gasteiger partial charge in [0.1, 0.15) is 0 Å². The highest BCUT2D eigenvalue weighted by Gasteiger charge is 2.34. The molecular formula is C22H25N3O4. The zero-order valence-electron chi connectivity index (χ0n) is 16.4. The Kier molecular flexibility index (Phi) is 6.49. The number of carbonyl (C=O) groups excluding carboxylic acids is 3. The molecule has 1 aliphatic heterocycles. The molecule has 3 rings (SSSR count). The van der Waals surface area contributed by atoms with Crippen molar-refractivity contribution in [2.24, 2.45) is 5.92 Å². The standard InChI is InChI=1S/C22H25N3O4/c1-2-29-22(28)16-7-6-14-24(15-16)20(26)21(27)25(18-8-4-3-5-9-18)19-12-10-17(23)11-13-19/h3-5,8-13,16H,2,6-7,14-15,23H2,1H3. The molecule has 0 aromatic heterocycles. The molecule has 0 saturated carbocycles. The fourth-order valence-corrected chi connectivity index (χ4v) is 3.43. The molecule has 0 spiro atoms. The maximum Gasteiger partial charge on any atom is 0.321 e. The predicted molar refractivity (Wildman–Crippen MR) is 110 cm³/mol. The lowest BCUT2D eigenvalue weighted by Crippen LogP contribution is -2.49. The van der Waals surface area contributed by atoms with Gasteiger partial charge < -0.3 is 15.4 Å². The topological polar surface area (TPSA) is 92.9 Å². The van der Waals surface area contributed by atoms with Gasteiger partial charge >= 0.3 is 17.8 Å². The van der Waals surface area contributed by atoms with Gasteiger partial charge in [0.15, 0.2) is 0 Å². The number of nitrogens with two attached hydrogens (primary N) is 1. The number of hydrogen-bond donors (Lipinski definition) is 1. The minimum absolute atomic E-state index is 0.188. The highest BCUT2D eigenvalue weighted by atomic mass is 16.5. The molecule has 0 radical (unpaired) electrons. The van der Waals surface area contributed by atoms with Crippen molar-refractivity contribution in [2.45, 2.75) is 19.8 Å². The van der Waals surface area contributed by atoms with Crippen LogP contribution < -0.4 is 10.6 Å². The second-order valence-electron chi connectivity index (χ2n) is 6.91. The van der Waals surface area contributed by atoms with Crippen LogP contribution >= 0.6 is 0 Å². The summed E-state index contributed by atoms with van der Waals surface area (Å²) in [5, 5.41) is 0. The van der Waals surface area contributed by atoms with E-state index in [1.165, 1.54) is 9.80 Å². The summed E-state index contributed by atoms with van der Waals surface area (Å²) in [6.07, 6.45) is 1.30. The maximum absolute atomic E-state index is 13.2. The number of nitrogen functional groups attached to an aromatic ring is 1. The van der Waals surface area contributed by atoms with Crippen molar-refractivity contribution < 1.29 is 19.1 Å². The Morgan fingerprint density at radius 3 is 2.38 bits per heavy atom. The molecule has 29 heavy (non-hydrogen) atoms. The van der Waals surface area contributed by atoms with Crippen LogP contribution in [0, 0.1) is 5.92 Å². The average Bonchev–Trinajstić information content (AvgIpc) is 2.75. The van der Waals surface area contributed by atoms with Crippen molar-refractivity contribution in [1.29, 1.82) is 0 Å². The van der Waals surface area contributed by atoms with Gasteiger partial charge in [-0.15, -0.1) is 0 Å². The van der Waals surface area contributed by atoms with Crippen LogP contribution in [0.5, 0.6) is 0 Å². The van der Waals surface area contributed by atoms with Crippen LogP contribution in [0.4, 0.5) is 17.1 Å². The molecule has 1 aliphatic rings. The minimum atomic E-state index is -0.675. The number of piperidine rings is 1. The quantitative estimate of drug-likeness (QED) is 0.488. The fraction of sp³-hybridized carbons (Fsp3) is 0.318. The first kappa shape index (κ1) is 20.4. The number of carbonyl (C=O) groups is 3. The van der Waals surface area contributed by atoms with Crippen molar-refractivity contribution in [2.75, 3.05) is 30.3 Å². The van der Waals surface area contributed by atoms with Crippen molar-refractivity contribution in [3.8, 4) is 0 Å². The first-order valence-electron chi connectivity index (χ1n) is 9.72. The summed E-state index contributed by atoms with van der Waals surface area (Å²) in [5.41, 5.74) is 7.45. The van der Waals surface area contributed by atoms with Crippen LogP contribution in [0.1, 0.15) is 19.8 Å². The Labute approximate surface area is 170 Å². The SMILES string of the molecule is CCOC(=O)C1CCCN(C(=O)C(=O)N(c2ccccc2)c2ccc(N)cc2)C1. The molecule has 2 N–H and O–H groups in total. The zero-order valence-corrected chi connectivity index (χ0v) is 16.4. The first-order valence-corrected chi connectivity index (χ1v) is 9.72. The van der Waals surface area contributed by atoms with Gasteiger partial charge in [0.2, 0.25) is 0 Å². The minimum Gasteiger partial charge on any atom is -0.466 e. The number of amides is 2. The summed E-state index contributed by atoms with van der Waals surface area (Å²) in [6, 6.07) is 15.7. The van der Waals surface area contributed by atoms with Crippen LogP contribution in [0.25, 0.3) is 0 Å². The smallest absolute Gasteiger partial charge is 0.321 e. The van der Waals surface area contributed by atoms with Gasteiger partial charge in [0.05, 0.1) is 12.5 Å². The molecule has 0 bridgehead atoms. The van der Waals surface area contributed by atoms with Crippen molar-refractivity contribution >= 4 is 34.8 Å². The molecule has 1 saturated heterocycles. The van der Waals surface area contributed by atoms with Gasteiger partial charge in [-0.1, -0.05) is 18.2 Å². The first-order chi connectivity index (χ1) is 14.0. The summed E-state index contributed by atoms with van der Waals surface area (Å²) < 4.78 is 5.08. The van der Waals surface area contributed by atoms with Gasteiger partial charge in [0.25, 0.3) is 0 Å². The largest absolute Gasteiger partial charge is 0.466 e. The third-order valence-corrected chi connectivity index (χ3v) is 4.88. The summed E-state index contributed by atoms with van der Waals surface area (Å²) in [4.78, 5) is 41.1. The molecule has 7 nitrogen and oxygen atoms in total. The monoisotopic (exact) mass is 395 g/mol. The Balaban J connectivity index is 1.84. The molecule has 152 valence electrons. The van der Waals surface area contributed by atoms with E-state index in [4.69, 9.17) is 10.5 Å². The van der Waals surface area contributed by atoms with Gasteiger partial charge in [0, 0.05) is 30.2 Å². The maximum atomic E-state index is 13.2. The van der Waals surface area contributed by atoms with Crippen molar-refractivity contribution in [3.63, 3.8) is 0 Å². The van der Waals surface area contributed by atoms with Crippen LogP contribution in [0.2, 0.25) is 0 Å². The fourth-order valence-electron chi connectivity index (χ4n) is 3.43. The van der Waals surface area contributed by atoms with Gasteiger partial charge in [-0.2, -0.15) is 0 Å². The van der Waals surface area contributed by atoms with Crippen LogP contribution in [-0.4, -0.2) is 42.4 Å². The number of para-hydroxylation sites is 1. The lowest BCUT2D eigenvalue weighted by Gasteiger charge is -2.32. The summed E-state index contributed by atoms with van der Waals surface area (Å²) in [6.45, 7) is 2.66. The highest BCUT2D eigenvalue weighted by Crippen LogP contribution is 2.27. The molecule has 1 unspecified atom stereocenters. The molecule has 0 aliphatic carbocycles. The molecule has 1 atom stereocenters. The third kappa shape index (κ3) is 4.74. The number of anilines is 3. The number of likely N-dealkylation sites (tertiary alicyclic amines) is 1. The predicted octanol–water partition coefficient (Wildman–Crippen LogP) is 2.74. The Morgan fingerprint density at radius 1 is 1.07 bits per heavy atom. The lowest BCUT2D eigenvalue weighted by atomic mass is 9.98. The molecule has 2 aromatic rings. The summed E-state index contributed by atoms with van der Waals surface area (Å²) in [7, 11) is 0. The molecule has 1 fully saturated rings. The van der Waals surface area contributed by atoms with Gasteiger partial charge in [-0.3, -0.25) is 19.3 Å². The summed E-state index contributed by atoms with van der Waals surface area (Å²) in [5.74, 6) is -2.04. The van der Waals surface area contributed by atoms with E-state index in [9.17, 15) is 14.4 Å². The molecule has 2 amide bonds. The van der Waals surface area contributed by atoms with Crippen LogP contribution in [-0.2, 0) is 19.1 Å². The number of benzene rings is 2. The van der Waals surface area contributed by atoms with E-state index in [0.29, 0.717) is 43.1 Å². The average molecular weight is 395 g/mol. The van der Waals surface area contributed by atoms with E-state index >= 15 is 0 Å². The second-order valence-corrected chi connectivity index (χ2v) is 6.91. The number of hydrogen-bond acceptors (Lipinski definition) is 5.